The van der Waals surface area contributed by atoms with Gasteiger partial charge in [-0.15, -0.1) is 0 Å². The monoisotopic (exact) mass is 406 g/mol. The van der Waals surface area contributed by atoms with Gasteiger partial charge in [0.25, 0.3) is 5.91 Å². The number of nitrogens with zero attached hydrogens (tertiary/aromatic N) is 4. The van der Waals surface area contributed by atoms with Crippen molar-refractivity contribution in [3.05, 3.63) is 90.4 Å². The van der Waals surface area contributed by atoms with Crippen LogP contribution in [0.5, 0.6) is 0 Å². The molecule has 0 atom stereocenters. The SMILES string of the molecule is Cc1ccc(-c2cnc3c(-c4ccc(C(=O)N(C)C)c5ccccc45)cnn3c2)cc1. The van der Waals surface area contributed by atoms with E-state index in [0.717, 1.165) is 38.7 Å². The van der Waals surface area contributed by atoms with Crippen molar-refractivity contribution in [3.8, 4) is 22.3 Å². The molecule has 152 valence electrons. The first-order valence-corrected chi connectivity index (χ1v) is 10.2. The molecule has 0 spiro atoms. The van der Waals surface area contributed by atoms with Crippen LogP contribution in [0, 0.1) is 6.92 Å². The third-order valence-corrected chi connectivity index (χ3v) is 5.59. The molecule has 3 aromatic carbocycles. The van der Waals surface area contributed by atoms with Crippen molar-refractivity contribution in [2.75, 3.05) is 14.1 Å². The van der Waals surface area contributed by atoms with E-state index in [-0.39, 0.29) is 5.91 Å². The molecule has 0 saturated heterocycles. The van der Waals surface area contributed by atoms with Gasteiger partial charge in [0, 0.05) is 43.2 Å². The highest BCUT2D eigenvalue weighted by atomic mass is 16.2. The summed E-state index contributed by atoms with van der Waals surface area (Å²) in [6.45, 7) is 2.08. The summed E-state index contributed by atoms with van der Waals surface area (Å²) < 4.78 is 1.82. The lowest BCUT2D eigenvalue weighted by atomic mass is 9.96. The van der Waals surface area contributed by atoms with E-state index in [0.29, 0.717) is 5.56 Å². The summed E-state index contributed by atoms with van der Waals surface area (Å²) in [5.74, 6) is -0.0107. The molecular weight excluding hydrogens is 384 g/mol. The predicted molar refractivity (Wildman–Crippen MR) is 124 cm³/mol. The number of aromatic nitrogens is 3. The Hall–Kier alpha value is -3.99. The summed E-state index contributed by atoms with van der Waals surface area (Å²) in [6, 6.07) is 20.2. The van der Waals surface area contributed by atoms with Crippen molar-refractivity contribution in [3.63, 3.8) is 0 Å². The first kappa shape index (κ1) is 19.0. The summed E-state index contributed by atoms with van der Waals surface area (Å²) in [7, 11) is 3.54. The standard InChI is InChI=1S/C26H22N4O/c1-17-8-10-18(11-9-17)19-14-27-25-24(15-28-30(25)16-19)22-12-13-23(26(31)29(2)3)21-7-5-4-6-20(21)22/h4-16H,1-3H3. The molecule has 0 saturated carbocycles. The first-order valence-electron chi connectivity index (χ1n) is 10.2. The van der Waals surface area contributed by atoms with Gasteiger partial charge in [0.1, 0.15) is 0 Å². The summed E-state index contributed by atoms with van der Waals surface area (Å²) >= 11 is 0. The lowest BCUT2D eigenvalue weighted by Gasteiger charge is -2.14. The van der Waals surface area contributed by atoms with Gasteiger partial charge in [-0.05, 0) is 34.9 Å². The van der Waals surface area contributed by atoms with Crippen LogP contribution in [0.3, 0.4) is 0 Å². The number of hydrogen-bond acceptors (Lipinski definition) is 3. The van der Waals surface area contributed by atoms with Crippen LogP contribution in [0.4, 0.5) is 0 Å². The molecule has 31 heavy (non-hydrogen) atoms. The molecule has 5 nitrogen and oxygen atoms in total. The van der Waals surface area contributed by atoms with Gasteiger partial charge < -0.3 is 4.90 Å². The smallest absolute Gasteiger partial charge is 0.253 e. The van der Waals surface area contributed by atoms with Crippen molar-refractivity contribution in [1.29, 1.82) is 0 Å². The molecule has 0 aliphatic rings. The number of carbonyl (C=O) groups is 1. The number of amides is 1. The van der Waals surface area contributed by atoms with Gasteiger partial charge in [-0.3, -0.25) is 4.79 Å². The molecule has 5 rings (SSSR count). The van der Waals surface area contributed by atoms with Crippen molar-refractivity contribution in [1.82, 2.24) is 19.5 Å². The molecule has 2 heterocycles. The van der Waals surface area contributed by atoms with E-state index in [1.807, 2.05) is 59.5 Å². The third-order valence-electron chi connectivity index (χ3n) is 5.59. The molecular formula is C26H22N4O. The highest BCUT2D eigenvalue weighted by Crippen LogP contribution is 2.33. The molecule has 0 aliphatic carbocycles. The fraction of sp³-hybridized carbons (Fsp3) is 0.115. The van der Waals surface area contributed by atoms with Crippen LogP contribution >= 0.6 is 0 Å². The summed E-state index contributed by atoms with van der Waals surface area (Å²) in [4.78, 5) is 19.0. The fourth-order valence-electron chi connectivity index (χ4n) is 3.92. The van der Waals surface area contributed by atoms with Crippen LogP contribution in [0.2, 0.25) is 0 Å². The molecule has 5 aromatic rings. The third kappa shape index (κ3) is 3.24. The van der Waals surface area contributed by atoms with Crippen LogP contribution in [0.15, 0.2) is 79.3 Å². The van der Waals surface area contributed by atoms with E-state index in [4.69, 9.17) is 4.98 Å². The zero-order chi connectivity index (χ0) is 21.5. The van der Waals surface area contributed by atoms with E-state index in [2.05, 4.69) is 36.3 Å². The zero-order valence-electron chi connectivity index (χ0n) is 17.7. The number of carbonyl (C=O) groups excluding carboxylic acids is 1. The van der Waals surface area contributed by atoms with Crippen LogP contribution in [0.25, 0.3) is 38.7 Å². The van der Waals surface area contributed by atoms with E-state index < -0.39 is 0 Å². The number of rotatable bonds is 3. The van der Waals surface area contributed by atoms with Crippen molar-refractivity contribution in [2.45, 2.75) is 6.92 Å². The zero-order valence-corrected chi connectivity index (χ0v) is 17.7. The highest BCUT2D eigenvalue weighted by Gasteiger charge is 2.17. The molecule has 0 N–H and O–H groups in total. The summed E-state index contributed by atoms with van der Waals surface area (Å²) in [6.07, 6.45) is 5.73. The second kappa shape index (κ2) is 7.36. The molecule has 5 heteroatoms. The maximum absolute atomic E-state index is 12.7. The molecule has 0 unspecified atom stereocenters. The Morgan fingerprint density at radius 1 is 0.839 bits per heavy atom. The predicted octanol–water partition coefficient (Wildman–Crippen LogP) is 5.23. The van der Waals surface area contributed by atoms with Crippen LogP contribution < -0.4 is 0 Å². The largest absolute Gasteiger partial charge is 0.345 e. The average molecular weight is 406 g/mol. The lowest BCUT2D eigenvalue weighted by Crippen LogP contribution is -2.21. The quantitative estimate of drug-likeness (QED) is 0.412. The Morgan fingerprint density at radius 2 is 1.58 bits per heavy atom. The minimum Gasteiger partial charge on any atom is -0.345 e. The minimum absolute atomic E-state index is 0.0107. The number of benzene rings is 3. The van der Waals surface area contributed by atoms with Gasteiger partial charge >= 0.3 is 0 Å². The van der Waals surface area contributed by atoms with Gasteiger partial charge in [-0.2, -0.15) is 5.10 Å². The van der Waals surface area contributed by atoms with Crippen molar-refractivity contribution >= 4 is 22.3 Å². The molecule has 1 amide bonds. The molecule has 0 fully saturated rings. The molecule has 0 bridgehead atoms. The summed E-state index contributed by atoms with van der Waals surface area (Å²) in [5.41, 5.74) is 6.77. The Kier molecular flexibility index (Phi) is 4.51. The van der Waals surface area contributed by atoms with Crippen LogP contribution in [-0.4, -0.2) is 39.5 Å². The second-order valence-corrected chi connectivity index (χ2v) is 7.94. The van der Waals surface area contributed by atoms with Crippen LogP contribution in [-0.2, 0) is 0 Å². The lowest BCUT2D eigenvalue weighted by molar-refractivity contribution is 0.0829. The Balaban J connectivity index is 1.65. The minimum atomic E-state index is -0.0107. The van der Waals surface area contributed by atoms with Gasteiger partial charge in [0.15, 0.2) is 5.65 Å². The number of hydrogen-bond donors (Lipinski definition) is 0. The van der Waals surface area contributed by atoms with Crippen molar-refractivity contribution in [2.24, 2.45) is 0 Å². The Morgan fingerprint density at radius 3 is 2.32 bits per heavy atom. The van der Waals surface area contributed by atoms with E-state index in [1.54, 1.807) is 19.0 Å². The highest BCUT2D eigenvalue weighted by molar-refractivity contribution is 6.11. The van der Waals surface area contributed by atoms with E-state index in [9.17, 15) is 4.79 Å². The molecule has 0 aliphatic heterocycles. The number of fused-ring (bicyclic) bond motifs is 2. The fourth-order valence-corrected chi connectivity index (χ4v) is 3.92. The first-order chi connectivity index (χ1) is 15.0. The van der Waals surface area contributed by atoms with Gasteiger partial charge in [-0.25, -0.2) is 9.50 Å². The number of aryl methyl sites for hydroxylation is 1. The van der Waals surface area contributed by atoms with E-state index in [1.165, 1.54) is 5.56 Å². The van der Waals surface area contributed by atoms with Gasteiger partial charge in [0.2, 0.25) is 0 Å². The maximum atomic E-state index is 12.7. The Bertz CT molecular complexity index is 1430. The Labute approximate surface area is 180 Å². The van der Waals surface area contributed by atoms with Gasteiger partial charge in [-0.1, -0.05) is 60.2 Å². The van der Waals surface area contributed by atoms with Gasteiger partial charge in [0.05, 0.1) is 6.20 Å². The normalized spacial score (nSPS) is 11.2. The van der Waals surface area contributed by atoms with Crippen LogP contribution in [0.1, 0.15) is 15.9 Å². The molecule has 0 radical (unpaired) electrons. The molecule has 2 aromatic heterocycles. The van der Waals surface area contributed by atoms with Crippen molar-refractivity contribution < 1.29 is 4.79 Å². The summed E-state index contributed by atoms with van der Waals surface area (Å²) in [5, 5.41) is 6.50. The average Bonchev–Trinajstić information content (AvgIpc) is 3.21. The topological polar surface area (TPSA) is 50.5 Å². The maximum Gasteiger partial charge on any atom is 0.253 e. The second-order valence-electron chi connectivity index (χ2n) is 7.94. The van der Waals surface area contributed by atoms with E-state index >= 15 is 0 Å².